The molecule has 0 saturated heterocycles. The van der Waals surface area contributed by atoms with Gasteiger partial charge in [-0.05, 0) is 42.8 Å². The van der Waals surface area contributed by atoms with Crippen molar-refractivity contribution in [3.63, 3.8) is 0 Å². The van der Waals surface area contributed by atoms with E-state index in [1.54, 1.807) is 12.1 Å². The molecular formula is C24H19F5O. The van der Waals surface area contributed by atoms with Gasteiger partial charge >= 0.3 is 0 Å². The Balaban J connectivity index is 2.03. The fourth-order valence-electron chi connectivity index (χ4n) is 3.16. The van der Waals surface area contributed by atoms with Crippen molar-refractivity contribution in [3.8, 4) is 5.75 Å². The van der Waals surface area contributed by atoms with Crippen LogP contribution in [0, 0.1) is 17.5 Å². The summed E-state index contributed by atoms with van der Waals surface area (Å²) in [7, 11) is 1.18. The van der Waals surface area contributed by atoms with Crippen molar-refractivity contribution in [1.82, 2.24) is 0 Å². The summed E-state index contributed by atoms with van der Waals surface area (Å²) in [6.07, 6.45) is 5.46. The first-order valence-corrected chi connectivity index (χ1v) is 9.29. The topological polar surface area (TPSA) is 9.23 Å². The average molecular weight is 418 g/mol. The lowest BCUT2D eigenvalue weighted by Crippen LogP contribution is -1.98. The van der Waals surface area contributed by atoms with E-state index in [1.807, 2.05) is 19.1 Å². The van der Waals surface area contributed by atoms with Gasteiger partial charge in [-0.1, -0.05) is 42.5 Å². The number of hydrogen-bond acceptors (Lipinski definition) is 1. The maximum absolute atomic E-state index is 14.7. The third kappa shape index (κ3) is 4.08. The van der Waals surface area contributed by atoms with Gasteiger partial charge in [-0.2, -0.15) is 0 Å². The summed E-state index contributed by atoms with van der Waals surface area (Å²) >= 11 is 0. The van der Waals surface area contributed by atoms with Gasteiger partial charge in [-0.25, -0.2) is 22.0 Å². The summed E-state index contributed by atoms with van der Waals surface area (Å²) in [6, 6.07) is 9.35. The predicted molar refractivity (Wildman–Crippen MR) is 109 cm³/mol. The van der Waals surface area contributed by atoms with Crippen molar-refractivity contribution in [2.24, 2.45) is 0 Å². The second-order valence-corrected chi connectivity index (χ2v) is 6.66. The van der Waals surface area contributed by atoms with Crippen molar-refractivity contribution >= 4 is 22.4 Å². The van der Waals surface area contributed by atoms with Crippen LogP contribution in [-0.4, -0.2) is 7.11 Å². The van der Waals surface area contributed by atoms with Gasteiger partial charge in [0.2, 0.25) is 0 Å². The molecule has 0 aliphatic heterocycles. The first-order chi connectivity index (χ1) is 14.4. The van der Waals surface area contributed by atoms with Crippen LogP contribution in [0.2, 0.25) is 0 Å². The fourth-order valence-corrected chi connectivity index (χ4v) is 3.16. The van der Waals surface area contributed by atoms with Crippen molar-refractivity contribution in [2.45, 2.75) is 19.8 Å². The number of ether oxygens (including phenoxy) is 1. The van der Waals surface area contributed by atoms with E-state index in [4.69, 9.17) is 4.74 Å². The smallest absolute Gasteiger partial charge is 0.175 e. The van der Waals surface area contributed by atoms with Crippen LogP contribution in [0.5, 0.6) is 5.75 Å². The second-order valence-electron chi connectivity index (χ2n) is 6.66. The summed E-state index contributed by atoms with van der Waals surface area (Å²) in [5.41, 5.74) is -0.0975. The molecule has 0 bridgehead atoms. The van der Waals surface area contributed by atoms with Crippen LogP contribution in [0.1, 0.15) is 30.0 Å². The number of allylic oxidation sites excluding steroid dienone is 2. The van der Waals surface area contributed by atoms with Crippen LogP contribution in [0.3, 0.4) is 0 Å². The van der Waals surface area contributed by atoms with E-state index in [0.717, 1.165) is 24.5 Å². The highest BCUT2D eigenvalue weighted by molar-refractivity contribution is 5.91. The van der Waals surface area contributed by atoms with E-state index < -0.39 is 40.1 Å². The molecule has 0 heterocycles. The molecule has 156 valence electrons. The zero-order chi connectivity index (χ0) is 21.8. The molecule has 3 aromatic carbocycles. The zero-order valence-corrected chi connectivity index (χ0v) is 16.4. The number of rotatable bonds is 6. The Morgan fingerprint density at radius 3 is 2.23 bits per heavy atom. The molecule has 0 atom stereocenters. The number of benzene rings is 3. The molecule has 0 spiro atoms. The van der Waals surface area contributed by atoms with E-state index in [1.165, 1.54) is 31.4 Å². The number of fused-ring (bicyclic) bond motifs is 1. The van der Waals surface area contributed by atoms with Gasteiger partial charge in [0.15, 0.2) is 34.9 Å². The standard InChI is InChI=1S/C24H19F5O/c1-3-4-5-6-14-7-9-15(10-8-14)20(25)21(26)17-13-16-11-12-18(30-2)23(28)19(16)24(29)22(17)27/h3-4,7-13H,5-6H2,1-2H3/b4-3+,21-20?. The molecule has 0 amide bonds. The minimum absolute atomic E-state index is 0.108. The third-order valence-electron chi connectivity index (χ3n) is 4.78. The predicted octanol–water partition coefficient (Wildman–Crippen LogP) is 7.54. The Hall–Kier alpha value is -3.15. The number of hydrogen-bond donors (Lipinski definition) is 0. The lowest BCUT2D eigenvalue weighted by molar-refractivity contribution is 0.388. The van der Waals surface area contributed by atoms with Crippen molar-refractivity contribution in [2.75, 3.05) is 7.11 Å². The highest BCUT2D eigenvalue weighted by Gasteiger charge is 2.23. The van der Waals surface area contributed by atoms with Gasteiger partial charge in [-0.15, -0.1) is 0 Å². The Kier molecular flexibility index (Phi) is 6.55. The summed E-state index contributed by atoms with van der Waals surface area (Å²) in [4.78, 5) is 0. The molecule has 0 saturated carbocycles. The van der Waals surface area contributed by atoms with E-state index in [2.05, 4.69) is 0 Å². The number of halogens is 5. The first-order valence-electron chi connectivity index (χ1n) is 9.29. The largest absolute Gasteiger partial charge is 0.494 e. The van der Waals surface area contributed by atoms with Gasteiger partial charge in [0, 0.05) is 5.56 Å². The van der Waals surface area contributed by atoms with Gasteiger partial charge in [0.25, 0.3) is 0 Å². The molecule has 0 aliphatic rings. The van der Waals surface area contributed by atoms with E-state index >= 15 is 0 Å². The summed E-state index contributed by atoms with van der Waals surface area (Å²) < 4.78 is 77.4. The third-order valence-corrected chi connectivity index (χ3v) is 4.78. The van der Waals surface area contributed by atoms with Gasteiger partial charge in [0.1, 0.15) is 0 Å². The molecule has 3 aromatic rings. The quantitative estimate of drug-likeness (QED) is 0.228. The summed E-state index contributed by atoms with van der Waals surface area (Å²) in [5.74, 6) is -7.58. The fraction of sp³-hybridized carbons (Fsp3) is 0.167. The van der Waals surface area contributed by atoms with Crippen LogP contribution >= 0.6 is 0 Å². The lowest BCUT2D eigenvalue weighted by atomic mass is 10.0. The second kappa shape index (κ2) is 9.11. The number of methoxy groups -OCH3 is 1. The molecular weight excluding hydrogens is 399 g/mol. The van der Waals surface area contributed by atoms with E-state index in [0.29, 0.717) is 0 Å². The molecule has 0 N–H and O–H groups in total. The molecule has 0 radical (unpaired) electrons. The minimum atomic E-state index is -1.68. The molecule has 0 unspecified atom stereocenters. The zero-order valence-electron chi connectivity index (χ0n) is 16.4. The number of aryl methyl sites for hydroxylation is 1. The van der Waals surface area contributed by atoms with Crippen molar-refractivity contribution in [3.05, 3.63) is 88.8 Å². The maximum atomic E-state index is 14.7. The van der Waals surface area contributed by atoms with Gasteiger partial charge in [0.05, 0.1) is 18.1 Å². The Bertz CT molecular complexity index is 1130. The summed E-state index contributed by atoms with van der Waals surface area (Å²) in [5, 5.41) is -0.807. The van der Waals surface area contributed by atoms with Crippen molar-refractivity contribution < 1.29 is 26.7 Å². The summed E-state index contributed by atoms with van der Waals surface area (Å²) in [6.45, 7) is 1.91. The van der Waals surface area contributed by atoms with Crippen LogP contribution in [0.4, 0.5) is 22.0 Å². The highest BCUT2D eigenvalue weighted by Crippen LogP contribution is 2.36. The van der Waals surface area contributed by atoms with Crippen LogP contribution in [-0.2, 0) is 6.42 Å². The molecule has 30 heavy (non-hydrogen) atoms. The Morgan fingerprint density at radius 1 is 0.900 bits per heavy atom. The highest BCUT2D eigenvalue weighted by atomic mass is 19.2. The molecule has 6 heteroatoms. The van der Waals surface area contributed by atoms with Gasteiger partial charge in [-0.3, -0.25) is 0 Å². The normalized spacial score (nSPS) is 12.5. The van der Waals surface area contributed by atoms with E-state index in [-0.39, 0.29) is 16.7 Å². The molecule has 3 rings (SSSR count). The lowest BCUT2D eigenvalue weighted by Gasteiger charge is -2.10. The molecule has 1 nitrogen and oxygen atoms in total. The monoisotopic (exact) mass is 418 g/mol. The molecule has 0 aliphatic carbocycles. The minimum Gasteiger partial charge on any atom is -0.494 e. The Morgan fingerprint density at radius 2 is 1.60 bits per heavy atom. The van der Waals surface area contributed by atoms with Crippen LogP contribution in [0.25, 0.3) is 22.4 Å². The van der Waals surface area contributed by atoms with Crippen molar-refractivity contribution in [1.29, 1.82) is 0 Å². The maximum Gasteiger partial charge on any atom is 0.175 e. The SMILES string of the molecule is C/C=C/CCc1ccc(C(F)=C(F)c2cc3ccc(OC)c(F)c3c(F)c2F)cc1. The molecule has 0 fully saturated rings. The Labute approximate surface area is 171 Å². The van der Waals surface area contributed by atoms with Crippen LogP contribution in [0.15, 0.2) is 54.6 Å². The van der Waals surface area contributed by atoms with Gasteiger partial charge < -0.3 is 4.74 Å². The first kappa shape index (κ1) is 21.6. The van der Waals surface area contributed by atoms with Crippen LogP contribution < -0.4 is 4.74 Å². The van der Waals surface area contributed by atoms with E-state index in [9.17, 15) is 22.0 Å². The molecule has 0 aromatic heterocycles. The average Bonchev–Trinajstić information content (AvgIpc) is 2.76.